The Kier molecular flexibility index (Phi) is 9.71. The van der Waals surface area contributed by atoms with Crippen LogP contribution in [0, 0.1) is 11.3 Å². The first-order valence-corrected chi connectivity index (χ1v) is 12.4. The first-order chi connectivity index (χ1) is 19.0. The number of amides is 3. The average molecular weight is 535 g/mol. The number of anilines is 2. The Morgan fingerprint density at radius 1 is 1.15 bits per heavy atom. The largest absolute Gasteiger partial charge is 0.496 e. The number of urea groups is 1. The molecule has 1 aliphatic heterocycles. The third kappa shape index (κ3) is 8.19. The minimum Gasteiger partial charge on any atom is -0.496 e. The molecule has 1 atom stereocenters. The van der Waals surface area contributed by atoms with E-state index in [1.807, 2.05) is 6.07 Å². The van der Waals surface area contributed by atoms with Crippen LogP contribution in [0.4, 0.5) is 21.0 Å². The summed E-state index contributed by atoms with van der Waals surface area (Å²) in [6.45, 7) is 3.39. The first kappa shape index (κ1) is 27.4. The Hall–Kier alpha value is -4.60. The molecule has 2 heterocycles. The molecule has 4 rings (SSSR count). The Balaban J connectivity index is 1.27. The average Bonchev–Trinajstić information content (AvgIpc) is 3.47. The van der Waals surface area contributed by atoms with Gasteiger partial charge in [0.25, 0.3) is 0 Å². The number of rotatable bonds is 10. The molecule has 12 heteroatoms. The summed E-state index contributed by atoms with van der Waals surface area (Å²) in [5, 5.41) is 17.4. The standard InChI is InChI=1S/C27H30N6O6/c1-36-24-14-21(5-6-23(24)25-16-29-18-38-25)32-26(34)31-20-4-2-3-19(13-20)15-30-27(35)39-22(7-8-28)17-33-9-11-37-12-10-33/h2-6,13-14,16,18,22H,7,9-12,15,17H2,1H3,(H,30,35)(H2,31,32,34)/t22-/m0/s1. The molecule has 0 unspecified atom stereocenters. The van der Waals surface area contributed by atoms with E-state index in [1.165, 1.54) is 13.5 Å². The Bertz CT molecular complexity index is 1290. The quantitative estimate of drug-likeness (QED) is 0.352. The molecule has 1 saturated heterocycles. The van der Waals surface area contributed by atoms with Crippen LogP contribution in [0.1, 0.15) is 12.0 Å². The lowest BCUT2D eigenvalue weighted by Gasteiger charge is -2.29. The molecule has 0 bridgehead atoms. The third-order valence-corrected chi connectivity index (χ3v) is 5.94. The molecule has 1 fully saturated rings. The summed E-state index contributed by atoms with van der Waals surface area (Å²) in [6, 6.07) is 13.9. The van der Waals surface area contributed by atoms with E-state index in [0.29, 0.717) is 48.2 Å². The van der Waals surface area contributed by atoms with E-state index < -0.39 is 18.2 Å². The second-order valence-corrected chi connectivity index (χ2v) is 8.72. The Labute approximate surface area is 225 Å². The molecule has 1 aliphatic rings. The highest BCUT2D eigenvalue weighted by atomic mass is 16.6. The number of aromatic nitrogens is 1. The fourth-order valence-corrected chi connectivity index (χ4v) is 4.06. The normalized spacial score (nSPS) is 14.1. The number of oxazole rings is 1. The first-order valence-electron chi connectivity index (χ1n) is 12.4. The maximum Gasteiger partial charge on any atom is 0.407 e. The molecule has 1 aromatic heterocycles. The zero-order valence-corrected chi connectivity index (χ0v) is 21.5. The van der Waals surface area contributed by atoms with Gasteiger partial charge in [0.05, 0.1) is 44.6 Å². The van der Waals surface area contributed by atoms with Crippen molar-refractivity contribution in [2.45, 2.75) is 19.1 Å². The molecular weight excluding hydrogens is 504 g/mol. The molecule has 3 amide bonds. The van der Waals surface area contributed by atoms with Gasteiger partial charge < -0.3 is 34.6 Å². The topological polar surface area (TPSA) is 151 Å². The van der Waals surface area contributed by atoms with Crippen molar-refractivity contribution < 1.29 is 28.2 Å². The van der Waals surface area contributed by atoms with E-state index in [0.717, 1.165) is 18.7 Å². The van der Waals surface area contributed by atoms with Crippen LogP contribution in [0.5, 0.6) is 5.75 Å². The predicted octanol–water partition coefficient (Wildman–Crippen LogP) is 3.83. The number of hydrogen-bond donors (Lipinski definition) is 3. The van der Waals surface area contributed by atoms with Crippen LogP contribution in [0.15, 0.2) is 59.5 Å². The van der Waals surface area contributed by atoms with Crippen molar-refractivity contribution in [3.8, 4) is 23.1 Å². The number of nitrogens with zero attached hydrogens (tertiary/aromatic N) is 3. The van der Waals surface area contributed by atoms with E-state index in [1.54, 1.807) is 42.6 Å². The number of hydrogen-bond acceptors (Lipinski definition) is 9. The van der Waals surface area contributed by atoms with Crippen LogP contribution in [0.25, 0.3) is 11.3 Å². The maximum absolute atomic E-state index is 12.6. The van der Waals surface area contributed by atoms with Gasteiger partial charge in [-0.15, -0.1) is 0 Å². The highest BCUT2D eigenvalue weighted by Crippen LogP contribution is 2.32. The van der Waals surface area contributed by atoms with Gasteiger partial charge in [-0.25, -0.2) is 14.6 Å². The van der Waals surface area contributed by atoms with Crippen molar-refractivity contribution >= 4 is 23.5 Å². The van der Waals surface area contributed by atoms with Gasteiger partial charge in [0.1, 0.15) is 11.9 Å². The monoisotopic (exact) mass is 534 g/mol. The molecule has 12 nitrogen and oxygen atoms in total. The van der Waals surface area contributed by atoms with Crippen LogP contribution in [0.2, 0.25) is 0 Å². The van der Waals surface area contributed by atoms with E-state index in [2.05, 4.69) is 31.9 Å². The van der Waals surface area contributed by atoms with Gasteiger partial charge >= 0.3 is 12.1 Å². The van der Waals surface area contributed by atoms with Gasteiger partial charge in [-0.2, -0.15) is 5.26 Å². The van der Waals surface area contributed by atoms with E-state index in [4.69, 9.17) is 23.9 Å². The minimum absolute atomic E-state index is 0.105. The second kappa shape index (κ2) is 13.8. The number of carbonyl (C=O) groups excluding carboxylic acids is 2. The zero-order valence-electron chi connectivity index (χ0n) is 21.5. The van der Waals surface area contributed by atoms with Crippen LogP contribution < -0.4 is 20.7 Å². The number of nitriles is 1. The van der Waals surface area contributed by atoms with E-state index >= 15 is 0 Å². The highest BCUT2D eigenvalue weighted by molar-refractivity contribution is 6.00. The van der Waals surface area contributed by atoms with Gasteiger partial charge in [0.15, 0.2) is 12.2 Å². The molecule has 3 aromatic rings. The SMILES string of the molecule is COc1cc(NC(=O)Nc2cccc(CNC(=O)O[C@@H](CC#N)CN3CCOCC3)c2)ccc1-c1cnco1. The number of nitrogens with one attached hydrogen (secondary N) is 3. The van der Waals surface area contributed by atoms with Crippen LogP contribution in [-0.2, 0) is 16.0 Å². The highest BCUT2D eigenvalue weighted by Gasteiger charge is 2.20. The number of morpholine rings is 1. The maximum atomic E-state index is 12.6. The molecule has 204 valence electrons. The number of ether oxygens (including phenoxy) is 3. The molecular formula is C27H30N6O6. The van der Waals surface area contributed by atoms with Crippen molar-refractivity contribution in [3.63, 3.8) is 0 Å². The molecule has 3 N–H and O–H groups in total. The molecule has 0 aliphatic carbocycles. The fourth-order valence-electron chi connectivity index (χ4n) is 4.06. The molecule has 0 radical (unpaired) electrons. The summed E-state index contributed by atoms with van der Waals surface area (Å²) in [6.07, 6.45) is 1.87. The zero-order chi connectivity index (χ0) is 27.5. The number of benzene rings is 2. The van der Waals surface area contributed by atoms with Crippen molar-refractivity contribution in [3.05, 3.63) is 60.6 Å². The lowest BCUT2D eigenvalue weighted by atomic mass is 10.1. The summed E-state index contributed by atoms with van der Waals surface area (Å²) in [7, 11) is 1.53. The lowest BCUT2D eigenvalue weighted by molar-refractivity contribution is 0.00985. The van der Waals surface area contributed by atoms with Crippen LogP contribution in [0.3, 0.4) is 0 Å². The fraction of sp³-hybridized carbons (Fsp3) is 0.333. The lowest BCUT2D eigenvalue weighted by Crippen LogP contribution is -2.43. The number of carbonyl (C=O) groups is 2. The number of methoxy groups -OCH3 is 1. The summed E-state index contributed by atoms with van der Waals surface area (Å²) < 4.78 is 21.5. The summed E-state index contributed by atoms with van der Waals surface area (Å²) in [5.74, 6) is 1.07. The number of alkyl carbamates (subject to hydrolysis) is 1. The predicted molar refractivity (Wildman–Crippen MR) is 142 cm³/mol. The van der Waals surface area contributed by atoms with Gasteiger partial charge in [-0.3, -0.25) is 4.90 Å². The van der Waals surface area contributed by atoms with E-state index in [9.17, 15) is 9.59 Å². The van der Waals surface area contributed by atoms with Crippen LogP contribution in [-0.4, -0.2) is 68.1 Å². The smallest absolute Gasteiger partial charge is 0.407 e. The summed E-state index contributed by atoms with van der Waals surface area (Å²) in [5.41, 5.74) is 2.53. The summed E-state index contributed by atoms with van der Waals surface area (Å²) in [4.78, 5) is 31.0. The van der Waals surface area contributed by atoms with Gasteiger partial charge in [0, 0.05) is 43.6 Å². The van der Waals surface area contributed by atoms with Crippen molar-refractivity contribution in [2.75, 3.05) is 50.6 Å². The third-order valence-electron chi connectivity index (χ3n) is 5.94. The van der Waals surface area contributed by atoms with Crippen molar-refractivity contribution in [1.29, 1.82) is 5.26 Å². The Morgan fingerprint density at radius 2 is 1.95 bits per heavy atom. The van der Waals surface area contributed by atoms with Gasteiger partial charge in [-0.05, 0) is 29.8 Å². The van der Waals surface area contributed by atoms with Crippen molar-refractivity contribution in [2.24, 2.45) is 0 Å². The molecule has 0 spiro atoms. The Morgan fingerprint density at radius 3 is 2.67 bits per heavy atom. The van der Waals surface area contributed by atoms with Gasteiger partial charge in [0.2, 0.25) is 0 Å². The molecule has 39 heavy (non-hydrogen) atoms. The summed E-state index contributed by atoms with van der Waals surface area (Å²) >= 11 is 0. The van der Waals surface area contributed by atoms with Crippen LogP contribution >= 0.6 is 0 Å². The van der Waals surface area contributed by atoms with Gasteiger partial charge in [-0.1, -0.05) is 12.1 Å². The molecule has 2 aromatic carbocycles. The second-order valence-electron chi connectivity index (χ2n) is 8.72. The molecule has 0 saturated carbocycles. The van der Waals surface area contributed by atoms with E-state index in [-0.39, 0.29) is 13.0 Å². The minimum atomic E-state index is -0.609. The van der Waals surface area contributed by atoms with Crippen molar-refractivity contribution in [1.82, 2.24) is 15.2 Å².